The zero-order chi connectivity index (χ0) is 21.8. The van der Waals surface area contributed by atoms with Crippen LogP contribution in [0.15, 0.2) is 54.6 Å². The smallest absolute Gasteiger partial charge is 0.173 e. The number of aromatic nitrogens is 4. The molecule has 0 N–H and O–H groups in total. The predicted molar refractivity (Wildman–Crippen MR) is 123 cm³/mol. The van der Waals surface area contributed by atoms with Crippen molar-refractivity contribution in [2.45, 2.75) is 45.0 Å². The van der Waals surface area contributed by atoms with Gasteiger partial charge in [-0.05, 0) is 41.3 Å². The maximum atomic E-state index is 5.86. The van der Waals surface area contributed by atoms with E-state index in [-0.39, 0.29) is 12.1 Å². The normalized spacial score (nSPS) is 21.1. The summed E-state index contributed by atoms with van der Waals surface area (Å²) >= 11 is 0. The van der Waals surface area contributed by atoms with E-state index in [0.717, 1.165) is 64.5 Å². The van der Waals surface area contributed by atoms with E-state index in [0.29, 0.717) is 0 Å². The van der Waals surface area contributed by atoms with Crippen LogP contribution in [0.4, 0.5) is 0 Å². The first-order chi connectivity index (χ1) is 15.8. The fourth-order valence-corrected chi connectivity index (χ4v) is 4.81. The molecule has 0 radical (unpaired) electrons. The fourth-order valence-electron chi connectivity index (χ4n) is 4.81. The average Bonchev–Trinajstić information content (AvgIpc) is 3.50. The molecule has 0 unspecified atom stereocenters. The second-order valence-electron chi connectivity index (χ2n) is 8.97. The van der Waals surface area contributed by atoms with Gasteiger partial charge in [0.05, 0.1) is 18.7 Å². The van der Waals surface area contributed by atoms with E-state index in [2.05, 4.69) is 86.8 Å². The molecule has 2 fully saturated rings. The molecular weight excluding hydrogens is 400 g/mol. The van der Waals surface area contributed by atoms with E-state index < -0.39 is 0 Å². The number of rotatable bonds is 7. The van der Waals surface area contributed by atoms with Crippen LogP contribution in [0.5, 0.6) is 0 Å². The Labute approximate surface area is 190 Å². The summed E-state index contributed by atoms with van der Waals surface area (Å²) in [5, 5.41) is 12.9. The molecule has 7 nitrogen and oxygen atoms in total. The number of aryl methyl sites for hydroxylation is 1. The summed E-state index contributed by atoms with van der Waals surface area (Å²) in [6.07, 6.45) is 2.40. The summed E-state index contributed by atoms with van der Waals surface area (Å²) in [4.78, 5) is 5.07. The molecule has 0 spiro atoms. The Morgan fingerprint density at radius 3 is 2.50 bits per heavy atom. The van der Waals surface area contributed by atoms with Crippen molar-refractivity contribution in [3.05, 3.63) is 77.1 Å². The van der Waals surface area contributed by atoms with Gasteiger partial charge in [0, 0.05) is 39.3 Å². The lowest BCUT2D eigenvalue weighted by Gasteiger charge is -2.39. The number of hydrogen-bond acceptors (Lipinski definition) is 6. The quantitative estimate of drug-likeness (QED) is 0.572. The SMILES string of the molecule is Cc1ccc([C@H](c2nnnn2C[C@H]2CCCO2)N2CCN(Cc3ccccc3)CC2)cc1. The molecule has 0 amide bonds. The second-order valence-corrected chi connectivity index (χ2v) is 8.97. The van der Waals surface area contributed by atoms with E-state index in [9.17, 15) is 0 Å². The van der Waals surface area contributed by atoms with Crippen LogP contribution in [0.1, 0.15) is 41.4 Å². The third-order valence-electron chi connectivity index (χ3n) is 6.62. The lowest BCUT2D eigenvalue weighted by Crippen LogP contribution is -2.48. The first-order valence-electron chi connectivity index (χ1n) is 11.7. The third kappa shape index (κ3) is 4.90. The minimum absolute atomic E-state index is 0.0471. The molecule has 0 saturated carbocycles. The molecule has 2 aromatic carbocycles. The number of benzene rings is 2. The van der Waals surface area contributed by atoms with Crippen LogP contribution in [0.2, 0.25) is 0 Å². The molecule has 3 aromatic rings. The van der Waals surface area contributed by atoms with E-state index in [1.54, 1.807) is 0 Å². The molecule has 2 saturated heterocycles. The predicted octanol–water partition coefficient (Wildman–Crippen LogP) is 3.07. The second kappa shape index (κ2) is 9.90. The van der Waals surface area contributed by atoms with E-state index >= 15 is 0 Å². The molecular formula is C25H32N6O. The van der Waals surface area contributed by atoms with Gasteiger partial charge in [-0.2, -0.15) is 0 Å². The highest BCUT2D eigenvalue weighted by molar-refractivity contribution is 5.28. The topological polar surface area (TPSA) is 59.3 Å². The molecule has 5 rings (SSSR count). The van der Waals surface area contributed by atoms with Gasteiger partial charge in [-0.25, -0.2) is 4.68 Å². The van der Waals surface area contributed by atoms with Gasteiger partial charge in [-0.15, -0.1) is 5.10 Å². The molecule has 168 valence electrons. The van der Waals surface area contributed by atoms with Gasteiger partial charge >= 0.3 is 0 Å². The lowest BCUT2D eigenvalue weighted by molar-refractivity contribution is 0.0841. The lowest BCUT2D eigenvalue weighted by atomic mass is 10.0. The zero-order valence-corrected chi connectivity index (χ0v) is 18.8. The Kier molecular flexibility index (Phi) is 6.57. The first kappa shape index (κ1) is 21.2. The van der Waals surface area contributed by atoms with Crippen molar-refractivity contribution < 1.29 is 4.74 Å². The molecule has 7 heteroatoms. The highest BCUT2D eigenvalue weighted by Gasteiger charge is 2.31. The number of piperazine rings is 1. The summed E-state index contributed by atoms with van der Waals surface area (Å²) in [6, 6.07) is 19.6. The van der Waals surface area contributed by atoms with Gasteiger partial charge in [-0.3, -0.25) is 9.80 Å². The largest absolute Gasteiger partial charge is 0.376 e. The van der Waals surface area contributed by atoms with Crippen molar-refractivity contribution in [2.24, 2.45) is 0 Å². The zero-order valence-electron chi connectivity index (χ0n) is 18.8. The Morgan fingerprint density at radius 1 is 1.00 bits per heavy atom. The fraction of sp³-hybridized carbons (Fsp3) is 0.480. The van der Waals surface area contributed by atoms with Crippen LogP contribution in [-0.2, 0) is 17.8 Å². The highest BCUT2D eigenvalue weighted by atomic mass is 16.5. The minimum atomic E-state index is 0.0471. The summed E-state index contributed by atoms with van der Waals surface area (Å²) < 4.78 is 7.83. The number of hydrogen-bond donors (Lipinski definition) is 0. The van der Waals surface area contributed by atoms with Gasteiger partial charge in [0.2, 0.25) is 0 Å². The van der Waals surface area contributed by atoms with Gasteiger partial charge in [0.15, 0.2) is 5.82 Å². The highest BCUT2D eigenvalue weighted by Crippen LogP contribution is 2.29. The van der Waals surface area contributed by atoms with Crippen molar-refractivity contribution in [1.29, 1.82) is 0 Å². The van der Waals surface area contributed by atoms with Crippen molar-refractivity contribution in [3.8, 4) is 0 Å². The molecule has 2 aliphatic heterocycles. The van der Waals surface area contributed by atoms with E-state index in [1.165, 1.54) is 16.7 Å². The molecule has 2 aliphatic rings. The van der Waals surface area contributed by atoms with Gasteiger partial charge < -0.3 is 4.74 Å². The average molecular weight is 433 g/mol. The third-order valence-corrected chi connectivity index (χ3v) is 6.62. The van der Waals surface area contributed by atoms with Crippen LogP contribution in [-0.4, -0.2) is 68.9 Å². The van der Waals surface area contributed by atoms with E-state index in [1.807, 2.05) is 4.68 Å². The molecule has 32 heavy (non-hydrogen) atoms. The number of ether oxygens (including phenoxy) is 1. The van der Waals surface area contributed by atoms with Crippen LogP contribution in [0, 0.1) is 6.92 Å². The van der Waals surface area contributed by atoms with Crippen LogP contribution in [0.25, 0.3) is 0 Å². The monoisotopic (exact) mass is 432 g/mol. The summed E-state index contributed by atoms with van der Waals surface area (Å²) in [6.45, 7) is 8.72. The Bertz CT molecular complexity index is 975. The Balaban J connectivity index is 1.35. The molecule has 1 aromatic heterocycles. The van der Waals surface area contributed by atoms with Gasteiger partial charge in [0.25, 0.3) is 0 Å². The maximum Gasteiger partial charge on any atom is 0.173 e. The maximum absolute atomic E-state index is 5.86. The first-order valence-corrected chi connectivity index (χ1v) is 11.7. The van der Waals surface area contributed by atoms with Crippen LogP contribution >= 0.6 is 0 Å². The molecule has 2 atom stereocenters. The van der Waals surface area contributed by atoms with Crippen molar-refractivity contribution in [1.82, 2.24) is 30.0 Å². The van der Waals surface area contributed by atoms with Crippen LogP contribution < -0.4 is 0 Å². The van der Waals surface area contributed by atoms with Crippen molar-refractivity contribution in [2.75, 3.05) is 32.8 Å². The van der Waals surface area contributed by atoms with Crippen molar-refractivity contribution in [3.63, 3.8) is 0 Å². The van der Waals surface area contributed by atoms with Gasteiger partial charge in [0.1, 0.15) is 0 Å². The molecule has 3 heterocycles. The number of nitrogens with zero attached hydrogens (tertiary/aromatic N) is 6. The van der Waals surface area contributed by atoms with Gasteiger partial charge in [-0.1, -0.05) is 60.2 Å². The molecule has 0 aliphatic carbocycles. The van der Waals surface area contributed by atoms with Crippen LogP contribution in [0.3, 0.4) is 0 Å². The van der Waals surface area contributed by atoms with Crippen molar-refractivity contribution >= 4 is 0 Å². The summed E-state index contributed by atoms with van der Waals surface area (Å²) in [5.41, 5.74) is 3.88. The summed E-state index contributed by atoms with van der Waals surface area (Å²) in [7, 11) is 0. The Hall–Kier alpha value is -2.61. The summed E-state index contributed by atoms with van der Waals surface area (Å²) in [5.74, 6) is 0.917. The molecule has 0 bridgehead atoms. The van der Waals surface area contributed by atoms with E-state index in [4.69, 9.17) is 4.74 Å². The minimum Gasteiger partial charge on any atom is -0.376 e. The Morgan fingerprint density at radius 2 is 1.78 bits per heavy atom. The standard InChI is InChI=1S/C25H32N6O/c1-20-9-11-22(12-10-20)24(25-26-27-28-31(25)19-23-8-5-17-32-23)30-15-13-29(14-16-30)18-21-6-3-2-4-7-21/h2-4,6-7,9-12,23-24H,5,8,13-19H2,1H3/t23-,24-/m1/s1. The number of tetrazole rings is 1.